The standard InChI is InChI=1S/C15H10N4OS/c16-15-17-12(8-21-15)14-18-13(19-20-14)11-6-5-9-3-1-2-4-10(9)7-11/h1-8H,(H2,16,17). The molecule has 0 unspecified atom stereocenters. The third-order valence-corrected chi connectivity index (χ3v) is 3.85. The van der Waals surface area contributed by atoms with Crippen molar-refractivity contribution in [2.45, 2.75) is 0 Å². The molecule has 0 aliphatic rings. The first-order valence-corrected chi connectivity index (χ1v) is 7.22. The maximum atomic E-state index is 5.61. The van der Waals surface area contributed by atoms with Crippen molar-refractivity contribution in [3.8, 4) is 23.0 Å². The molecule has 0 radical (unpaired) electrons. The normalized spacial score (nSPS) is 11.0. The number of nitrogens with zero attached hydrogens (tertiary/aromatic N) is 3. The van der Waals surface area contributed by atoms with Crippen molar-refractivity contribution in [3.63, 3.8) is 0 Å². The molecule has 0 aliphatic carbocycles. The monoisotopic (exact) mass is 294 g/mol. The summed E-state index contributed by atoms with van der Waals surface area (Å²) in [5, 5.41) is 8.61. The number of thiazole rings is 1. The molecule has 0 aliphatic heterocycles. The minimum absolute atomic E-state index is 0.381. The Kier molecular flexibility index (Phi) is 2.68. The van der Waals surface area contributed by atoms with E-state index in [9.17, 15) is 0 Å². The highest BCUT2D eigenvalue weighted by molar-refractivity contribution is 7.13. The highest BCUT2D eigenvalue weighted by atomic mass is 32.1. The highest BCUT2D eigenvalue weighted by Gasteiger charge is 2.13. The van der Waals surface area contributed by atoms with Gasteiger partial charge in [0.25, 0.3) is 5.89 Å². The largest absolute Gasteiger partial charge is 0.375 e. The lowest BCUT2D eigenvalue weighted by atomic mass is 10.1. The van der Waals surface area contributed by atoms with Gasteiger partial charge in [-0.15, -0.1) is 11.3 Å². The van der Waals surface area contributed by atoms with Crippen molar-refractivity contribution in [1.82, 2.24) is 15.1 Å². The summed E-state index contributed by atoms with van der Waals surface area (Å²) in [6.07, 6.45) is 0. The number of hydrogen-bond donors (Lipinski definition) is 1. The Bertz CT molecular complexity index is 928. The average Bonchev–Trinajstić information content (AvgIpc) is 3.15. The van der Waals surface area contributed by atoms with Crippen LogP contribution < -0.4 is 5.73 Å². The lowest BCUT2D eigenvalue weighted by Gasteiger charge is -1.99. The molecule has 0 amide bonds. The number of hydrogen-bond acceptors (Lipinski definition) is 6. The van der Waals surface area contributed by atoms with Crippen LogP contribution in [0.4, 0.5) is 5.13 Å². The second-order valence-electron chi connectivity index (χ2n) is 4.56. The lowest BCUT2D eigenvalue weighted by Crippen LogP contribution is -1.84. The molecule has 4 rings (SSSR count). The molecule has 102 valence electrons. The molecule has 0 spiro atoms. The first kappa shape index (κ1) is 12.0. The number of benzene rings is 2. The van der Waals surface area contributed by atoms with E-state index in [4.69, 9.17) is 10.3 Å². The molecular formula is C15H10N4OS. The van der Waals surface area contributed by atoms with Gasteiger partial charge in [-0.1, -0.05) is 41.6 Å². The smallest absolute Gasteiger partial charge is 0.277 e. The van der Waals surface area contributed by atoms with Crippen LogP contribution in [0.25, 0.3) is 33.7 Å². The molecule has 0 bridgehead atoms. The molecule has 6 heteroatoms. The van der Waals surface area contributed by atoms with Gasteiger partial charge in [-0.05, 0) is 16.8 Å². The SMILES string of the molecule is Nc1nc(-c2nc(-c3ccc4ccccc4c3)no2)cs1. The quantitative estimate of drug-likeness (QED) is 0.611. The zero-order valence-electron chi connectivity index (χ0n) is 10.9. The van der Waals surface area contributed by atoms with Gasteiger partial charge in [0.05, 0.1) is 0 Å². The van der Waals surface area contributed by atoms with E-state index >= 15 is 0 Å². The molecule has 4 aromatic rings. The van der Waals surface area contributed by atoms with E-state index in [0.29, 0.717) is 22.5 Å². The van der Waals surface area contributed by atoms with Gasteiger partial charge in [-0.2, -0.15) is 4.98 Å². The Hall–Kier alpha value is -2.73. The van der Waals surface area contributed by atoms with E-state index in [1.165, 1.54) is 16.7 Å². The topological polar surface area (TPSA) is 77.8 Å². The fourth-order valence-corrected chi connectivity index (χ4v) is 2.70. The maximum Gasteiger partial charge on any atom is 0.277 e. The molecule has 2 aromatic heterocycles. The van der Waals surface area contributed by atoms with Crippen molar-refractivity contribution >= 4 is 27.2 Å². The molecule has 2 aromatic carbocycles. The van der Waals surface area contributed by atoms with Crippen LogP contribution in [0.5, 0.6) is 0 Å². The second-order valence-corrected chi connectivity index (χ2v) is 5.45. The molecule has 0 fully saturated rings. The fourth-order valence-electron chi connectivity index (χ4n) is 2.16. The van der Waals surface area contributed by atoms with Crippen molar-refractivity contribution in [3.05, 3.63) is 47.8 Å². The summed E-state index contributed by atoms with van der Waals surface area (Å²) < 4.78 is 5.26. The Balaban J connectivity index is 1.77. The molecule has 2 N–H and O–H groups in total. The Morgan fingerprint density at radius 3 is 2.67 bits per heavy atom. The summed E-state index contributed by atoms with van der Waals surface area (Å²) >= 11 is 1.35. The van der Waals surface area contributed by atoms with E-state index in [1.54, 1.807) is 5.38 Å². The number of anilines is 1. The third-order valence-electron chi connectivity index (χ3n) is 3.17. The van der Waals surface area contributed by atoms with Crippen LogP contribution in [0.3, 0.4) is 0 Å². The van der Waals surface area contributed by atoms with Gasteiger partial charge >= 0.3 is 0 Å². The van der Waals surface area contributed by atoms with E-state index in [2.05, 4.69) is 27.3 Å². The van der Waals surface area contributed by atoms with Crippen LogP contribution in [0.2, 0.25) is 0 Å². The number of rotatable bonds is 2. The minimum atomic E-state index is 0.381. The van der Waals surface area contributed by atoms with Gasteiger partial charge in [0.15, 0.2) is 5.13 Å². The summed E-state index contributed by atoms with van der Waals surface area (Å²) in [4.78, 5) is 8.52. The zero-order valence-corrected chi connectivity index (χ0v) is 11.7. The number of nitrogen functional groups attached to an aromatic ring is 1. The molecular weight excluding hydrogens is 284 g/mol. The number of fused-ring (bicyclic) bond motifs is 1. The highest BCUT2D eigenvalue weighted by Crippen LogP contribution is 2.26. The predicted molar refractivity (Wildman–Crippen MR) is 82.8 cm³/mol. The summed E-state index contributed by atoms with van der Waals surface area (Å²) in [5.41, 5.74) is 7.13. The van der Waals surface area contributed by atoms with E-state index in [-0.39, 0.29) is 0 Å². The minimum Gasteiger partial charge on any atom is -0.375 e. The summed E-state index contributed by atoms with van der Waals surface area (Å²) in [6, 6.07) is 14.2. The molecule has 5 nitrogen and oxygen atoms in total. The van der Waals surface area contributed by atoms with Crippen LogP contribution in [-0.2, 0) is 0 Å². The molecule has 0 saturated heterocycles. The second kappa shape index (κ2) is 4.68. The summed E-state index contributed by atoms with van der Waals surface area (Å²) in [7, 11) is 0. The van der Waals surface area contributed by atoms with Gasteiger partial charge in [-0.3, -0.25) is 0 Å². The molecule has 21 heavy (non-hydrogen) atoms. The van der Waals surface area contributed by atoms with Crippen molar-refractivity contribution in [2.75, 3.05) is 5.73 Å². The Labute approximate surface area is 124 Å². The predicted octanol–water partition coefficient (Wildman–Crippen LogP) is 3.60. The molecule has 0 saturated carbocycles. The van der Waals surface area contributed by atoms with Crippen molar-refractivity contribution in [1.29, 1.82) is 0 Å². The lowest BCUT2D eigenvalue weighted by molar-refractivity contribution is 0.431. The molecule has 0 atom stereocenters. The van der Waals surface area contributed by atoms with Gasteiger partial charge < -0.3 is 10.3 Å². The van der Waals surface area contributed by atoms with Gasteiger partial charge in [-0.25, -0.2) is 4.98 Å². The van der Waals surface area contributed by atoms with Crippen molar-refractivity contribution < 1.29 is 4.52 Å². The third kappa shape index (κ3) is 2.15. The Morgan fingerprint density at radius 1 is 1.00 bits per heavy atom. The fraction of sp³-hybridized carbons (Fsp3) is 0. The first-order chi connectivity index (χ1) is 10.3. The summed E-state index contributed by atoms with van der Waals surface area (Å²) in [5.74, 6) is 0.924. The summed E-state index contributed by atoms with van der Waals surface area (Å²) in [6.45, 7) is 0. The maximum absolute atomic E-state index is 5.61. The molecule has 2 heterocycles. The van der Waals surface area contributed by atoms with Crippen molar-refractivity contribution in [2.24, 2.45) is 0 Å². The number of aromatic nitrogens is 3. The van der Waals surface area contributed by atoms with Crippen LogP contribution in [0.1, 0.15) is 0 Å². The number of nitrogens with two attached hydrogens (primary N) is 1. The van der Waals surface area contributed by atoms with Crippen LogP contribution in [0, 0.1) is 0 Å². The van der Waals surface area contributed by atoms with Gasteiger partial charge in [0.1, 0.15) is 5.69 Å². The Morgan fingerprint density at radius 2 is 1.86 bits per heavy atom. The van der Waals surface area contributed by atoms with E-state index in [1.807, 2.05) is 30.3 Å². The van der Waals surface area contributed by atoms with Crippen LogP contribution >= 0.6 is 11.3 Å². The van der Waals surface area contributed by atoms with E-state index in [0.717, 1.165) is 10.9 Å². The van der Waals surface area contributed by atoms with Gasteiger partial charge in [0.2, 0.25) is 5.82 Å². The first-order valence-electron chi connectivity index (χ1n) is 6.34. The average molecular weight is 294 g/mol. The van der Waals surface area contributed by atoms with Crippen LogP contribution in [-0.4, -0.2) is 15.1 Å². The van der Waals surface area contributed by atoms with E-state index < -0.39 is 0 Å². The van der Waals surface area contributed by atoms with Gasteiger partial charge in [0, 0.05) is 10.9 Å². The van der Waals surface area contributed by atoms with Crippen LogP contribution in [0.15, 0.2) is 52.4 Å². The zero-order chi connectivity index (χ0) is 14.2.